The fourth-order valence-corrected chi connectivity index (χ4v) is 0. The van der Waals surface area contributed by atoms with E-state index in [2.05, 4.69) is 6.92 Å². The summed E-state index contributed by atoms with van der Waals surface area (Å²) in [5.74, 6) is 0. The molecule has 0 aliphatic heterocycles. The molecule has 0 atom stereocenters. The SMILES string of the molecule is CC.[B].[CH2-]C.[CH3-].[Y]. The third-order valence-electron chi connectivity index (χ3n) is 0. The smallest absolute Gasteiger partial charge is 0 e. The van der Waals surface area contributed by atoms with Crippen molar-refractivity contribution in [2.45, 2.75) is 20.8 Å². The standard InChI is InChI=1S/C2H6.C2H5.CH3.B.Y/c2*1-2;;;/h1-2H3;1H2,2H3;1H3;;/q;2*-1;;. The minimum atomic E-state index is 0. The van der Waals surface area contributed by atoms with Crippen LogP contribution in [0, 0.1) is 14.4 Å². The van der Waals surface area contributed by atoms with Crippen LogP contribution in [-0.4, -0.2) is 8.41 Å². The average Bonchev–Trinajstić information content (AvgIpc) is 1.50. The Labute approximate surface area is 75.9 Å². The van der Waals surface area contributed by atoms with Gasteiger partial charge in [0.2, 0.25) is 0 Å². The molecule has 0 unspecified atom stereocenters. The third kappa shape index (κ3) is 140. The van der Waals surface area contributed by atoms with Crippen LogP contribution in [0.15, 0.2) is 0 Å². The third-order valence-corrected chi connectivity index (χ3v) is 0. The molecule has 4 radical (unpaired) electrons. The molecule has 0 heterocycles. The van der Waals surface area contributed by atoms with E-state index in [-0.39, 0.29) is 48.5 Å². The van der Waals surface area contributed by atoms with Crippen LogP contribution in [0.2, 0.25) is 0 Å². The number of hydrogen-bond donors (Lipinski definition) is 0. The van der Waals surface area contributed by atoms with Crippen LogP contribution in [-0.2, 0) is 32.7 Å². The van der Waals surface area contributed by atoms with Gasteiger partial charge in [-0.1, -0.05) is 13.8 Å². The van der Waals surface area contributed by atoms with Crippen molar-refractivity contribution in [2.75, 3.05) is 0 Å². The quantitative estimate of drug-likeness (QED) is 0.388. The van der Waals surface area contributed by atoms with Gasteiger partial charge in [0, 0.05) is 41.1 Å². The molecule has 0 amide bonds. The predicted octanol–water partition coefficient (Wildman–Crippen LogP) is 1.93. The summed E-state index contributed by atoms with van der Waals surface area (Å²) in [6.45, 7) is 9.00. The molecule has 0 rings (SSSR count). The second-order valence-electron chi connectivity index (χ2n) is 0. The van der Waals surface area contributed by atoms with Gasteiger partial charge in [-0.05, 0) is 0 Å². The maximum atomic E-state index is 3.25. The maximum Gasteiger partial charge on any atom is 0 e. The van der Waals surface area contributed by atoms with Gasteiger partial charge >= 0.3 is 0 Å². The summed E-state index contributed by atoms with van der Waals surface area (Å²) in [5.41, 5.74) is 0. The van der Waals surface area contributed by atoms with Crippen LogP contribution in [0.25, 0.3) is 0 Å². The minimum absolute atomic E-state index is 0. The summed E-state index contributed by atoms with van der Waals surface area (Å²) in [7, 11) is 0. The van der Waals surface area contributed by atoms with E-state index in [0.717, 1.165) is 0 Å². The van der Waals surface area contributed by atoms with Gasteiger partial charge in [-0.3, -0.25) is 0 Å². The molecule has 0 aromatic rings. The zero-order valence-electron chi connectivity index (χ0n) is 5.86. The Morgan fingerprint density at radius 3 is 1.00 bits per heavy atom. The van der Waals surface area contributed by atoms with Crippen LogP contribution in [0.4, 0.5) is 0 Å². The molecular formula is C5H14BY-2. The van der Waals surface area contributed by atoms with E-state index in [4.69, 9.17) is 0 Å². The molecule has 0 saturated heterocycles. The Morgan fingerprint density at radius 1 is 1.00 bits per heavy atom. The Kier molecular flexibility index (Phi) is 1190. The van der Waals surface area contributed by atoms with Crippen LogP contribution in [0.3, 0.4) is 0 Å². The monoisotopic (exact) mass is 174 g/mol. The average molecular weight is 174 g/mol. The van der Waals surface area contributed by atoms with Crippen molar-refractivity contribution < 1.29 is 32.7 Å². The summed E-state index contributed by atoms with van der Waals surface area (Å²) in [6.07, 6.45) is 0. The predicted molar refractivity (Wildman–Crippen MR) is 34.5 cm³/mol. The Morgan fingerprint density at radius 2 is 1.00 bits per heavy atom. The molecule has 0 N–H and O–H groups in total. The van der Waals surface area contributed by atoms with Crippen molar-refractivity contribution in [3.63, 3.8) is 0 Å². The molecule has 0 aromatic heterocycles. The summed E-state index contributed by atoms with van der Waals surface area (Å²) in [5, 5.41) is 0. The summed E-state index contributed by atoms with van der Waals surface area (Å²) < 4.78 is 0. The van der Waals surface area contributed by atoms with Crippen molar-refractivity contribution in [1.29, 1.82) is 0 Å². The molecular weight excluding hydrogens is 160 g/mol. The molecule has 0 saturated carbocycles. The largest absolute Gasteiger partial charge is 0.358 e. The van der Waals surface area contributed by atoms with Crippen molar-refractivity contribution in [1.82, 2.24) is 0 Å². The first-order valence-electron chi connectivity index (χ1n) is 1.71. The van der Waals surface area contributed by atoms with Gasteiger partial charge in [0.15, 0.2) is 0 Å². The van der Waals surface area contributed by atoms with Crippen molar-refractivity contribution in [3.05, 3.63) is 14.4 Å². The minimum Gasteiger partial charge on any atom is -0.358 e. The van der Waals surface area contributed by atoms with E-state index in [1.165, 1.54) is 0 Å². The van der Waals surface area contributed by atoms with Gasteiger partial charge in [0.25, 0.3) is 0 Å². The van der Waals surface area contributed by atoms with Gasteiger partial charge in [-0.15, -0.1) is 0 Å². The van der Waals surface area contributed by atoms with Crippen LogP contribution in [0.1, 0.15) is 20.8 Å². The van der Waals surface area contributed by atoms with Gasteiger partial charge in [0.1, 0.15) is 0 Å². The van der Waals surface area contributed by atoms with Crippen molar-refractivity contribution >= 4 is 8.41 Å². The van der Waals surface area contributed by atoms with Crippen LogP contribution < -0.4 is 0 Å². The maximum absolute atomic E-state index is 3.25. The fraction of sp³-hybridized carbons (Fsp3) is 0.600. The van der Waals surface area contributed by atoms with Crippen LogP contribution >= 0.6 is 0 Å². The molecule has 7 heavy (non-hydrogen) atoms. The molecule has 2 heteroatoms. The molecule has 0 fully saturated rings. The molecule has 0 nitrogen and oxygen atoms in total. The van der Waals surface area contributed by atoms with E-state index >= 15 is 0 Å². The van der Waals surface area contributed by atoms with Gasteiger partial charge in [-0.25, -0.2) is 0 Å². The zero-order chi connectivity index (χ0) is 4.00. The summed E-state index contributed by atoms with van der Waals surface area (Å²) >= 11 is 0. The normalized spacial score (nSPS) is 1.71. The second-order valence-corrected chi connectivity index (χ2v) is 0. The first-order valence-corrected chi connectivity index (χ1v) is 1.71. The molecule has 0 bridgehead atoms. The first-order chi connectivity index (χ1) is 2.00. The van der Waals surface area contributed by atoms with Gasteiger partial charge in [0.05, 0.1) is 0 Å². The Balaban J connectivity index is -0.00000000267. The summed E-state index contributed by atoms with van der Waals surface area (Å²) in [4.78, 5) is 0. The van der Waals surface area contributed by atoms with Crippen molar-refractivity contribution in [2.24, 2.45) is 0 Å². The fourth-order valence-electron chi connectivity index (χ4n) is 0. The second kappa shape index (κ2) is 200. The van der Waals surface area contributed by atoms with E-state index in [1.54, 1.807) is 6.92 Å². The van der Waals surface area contributed by atoms with E-state index in [9.17, 15) is 0 Å². The van der Waals surface area contributed by atoms with Gasteiger partial charge in [-0.2, -0.15) is 6.92 Å². The topological polar surface area (TPSA) is 0 Å². The molecule has 0 spiro atoms. The van der Waals surface area contributed by atoms with E-state index in [1.807, 2.05) is 13.8 Å². The molecule has 0 aliphatic rings. The summed E-state index contributed by atoms with van der Waals surface area (Å²) in [6, 6.07) is 0. The molecule has 42 valence electrons. The zero-order valence-corrected chi connectivity index (χ0v) is 8.70. The number of rotatable bonds is 0. The molecule has 0 aliphatic carbocycles. The number of hydrogen-bond acceptors (Lipinski definition) is 0. The Bertz CT molecular complexity index is 8.04. The first kappa shape index (κ1) is 41.8. The Hall–Kier alpha value is 1.17. The molecule has 0 aromatic carbocycles. The van der Waals surface area contributed by atoms with Gasteiger partial charge < -0.3 is 14.4 Å². The van der Waals surface area contributed by atoms with Crippen molar-refractivity contribution in [3.8, 4) is 0 Å². The van der Waals surface area contributed by atoms with E-state index in [0.29, 0.717) is 0 Å². The van der Waals surface area contributed by atoms with Crippen LogP contribution in [0.5, 0.6) is 0 Å². The van der Waals surface area contributed by atoms with E-state index < -0.39 is 0 Å².